The molecule has 2 unspecified atom stereocenters. The molecule has 3 aliphatic rings. The van der Waals surface area contributed by atoms with Gasteiger partial charge in [0.1, 0.15) is 0 Å². The number of hydrogen-bond acceptors (Lipinski definition) is 3. The number of rotatable bonds is 3. The Hall–Kier alpha value is -3.63. The Bertz CT molecular complexity index is 2610. The quantitative estimate of drug-likeness (QED) is 0.199. The number of thiol groups is 2. The molecule has 3 aliphatic carbocycles. The minimum absolute atomic E-state index is 0.275. The van der Waals surface area contributed by atoms with Crippen LogP contribution in [0.4, 0.5) is 0 Å². The van der Waals surface area contributed by atoms with Crippen molar-refractivity contribution in [2.24, 2.45) is 0 Å². The Morgan fingerprint density at radius 3 is 2.29 bits per heavy atom. The fourth-order valence-corrected chi connectivity index (χ4v) is 9.53. The van der Waals surface area contributed by atoms with Crippen LogP contribution in [0.1, 0.15) is 37.2 Å². The second kappa shape index (κ2) is 11.0. The molecule has 0 saturated carbocycles. The molecule has 2 atom stereocenters. The van der Waals surface area contributed by atoms with E-state index in [0.717, 1.165) is 35.5 Å². The Morgan fingerprint density at radius 1 is 0.578 bits per heavy atom. The molecule has 0 aliphatic heterocycles. The average molecular weight is 633 g/mol. The summed E-state index contributed by atoms with van der Waals surface area (Å²) in [7, 11) is 0. The Balaban J connectivity index is 1.16. The zero-order chi connectivity index (χ0) is 30.1. The lowest BCUT2D eigenvalue weighted by molar-refractivity contribution is 0.928. The van der Waals surface area contributed by atoms with Gasteiger partial charge >= 0.3 is 0 Å². The lowest BCUT2D eigenvalue weighted by Crippen LogP contribution is -2.31. The summed E-state index contributed by atoms with van der Waals surface area (Å²) in [6.07, 6.45) is 18.9. The van der Waals surface area contributed by atoms with Crippen molar-refractivity contribution in [1.82, 2.24) is 0 Å². The van der Waals surface area contributed by atoms with Crippen molar-refractivity contribution in [1.29, 1.82) is 0 Å². The molecule has 45 heavy (non-hydrogen) atoms. The van der Waals surface area contributed by atoms with Crippen molar-refractivity contribution >= 4 is 106 Å². The van der Waals surface area contributed by atoms with E-state index in [-0.39, 0.29) is 5.92 Å². The first-order valence-electron chi connectivity index (χ1n) is 15.9. The van der Waals surface area contributed by atoms with Crippen molar-refractivity contribution in [3.8, 4) is 0 Å². The van der Waals surface area contributed by atoms with E-state index in [1.807, 2.05) is 11.8 Å². The number of fused-ring (bicyclic) bond motifs is 9. The van der Waals surface area contributed by atoms with Gasteiger partial charge in [0.25, 0.3) is 0 Å². The number of thioether (sulfide) groups is 1. The molecule has 0 spiro atoms. The van der Waals surface area contributed by atoms with E-state index in [1.165, 1.54) is 74.1 Å². The van der Waals surface area contributed by atoms with Gasteiger partial charge in [-0.2, -0.15) is 0 Å². The zero-order valence-electron chi connectivity index (χ0n) is 24.8. The third-order valence-corrected chi connectivity index (χ3v) is 11.7. The molecule has 0 saturated heterocycles. The molecule has 0 amide bonds. The van der Waals surface area contributed by atoms with E-state index in [0.29, 0.717) is 5.25 Å². The molecule has 3 heteroatoms. The maximum absolute atomic E-state index is 4.96. The Kier molecular flexibility index (Phi) is 6.77. The van der Waals surface area contributed by atoms with Crippen molar-refractivity contribution in [3.63, 3.8) is 0 Å². The van der Waals surface area contributed by atoms with Crippen LogP contribution in [0, 0.1) is 0 Å². The highest BCUT2D eigenvalue weighted by atomic mass is 32.2. The highest BCUT2D eigenvalue weighted by molar-refractivity contribution is 8.00. The van der Waals surface area contributed by atoms with E-state index >= 15 is 0 Å². The fraction of sp³-hybridized carbons (Fsp3) is 0.143. The van der Waals surface area contributed by atoms with Crippen LogP contribution in [0.15, 0.2) is 99.6 Å². The fourth-order valence-electron chi connectivity index (χ4n) is 7.75. The van der Waals surface area contributed by atoms with Crippen molar-refractivity contribution in [2.75, 3.05) is 0 Å². The van der Waals surface area contributed by atoms with Crippen LogP contribution in [0.2, 0.25) is 0 Å². The van der Waals surface area contributed by atoms with Crippen LogP contribution in [0.25, 0.3) is 68.8 Å². The topological polar surface area (TPSA) is 0 Å². The summed E-state index contributed by atoms with van der Waals surface area (Å²) in [5.41, 5.74) is 1.35. The first kappa shape index (κ1) is 27.7. The van der Waals surface area contributed by atoms with E-state index in [9.17, 15) is 0 Å². The first-order chi connectivity index (χ1) is 22.1. The van der Waals surface area contributed by atoms with E-state index in [1.54, 1.807) is 0 Å². The molecule has 0 fully saturated rings. The van der Waals surface area contributed by atoms with Gasteiger partial charge in [0, 0.05) is 31.2 Å². The summed E-state index contributed by atoms with van der Waals surface area (Å²) in [5, 5.41) is 16.3. The summed E-state index contributed by atoms with van der Waals surface area (Å²) in [6.45, 7) is 0. The van der Waals surface area contributed by atoms with Gasteiger partial charge in [0.05, 0.1) is 0 Å². The average Bonchev–Trinajstić information content (AvgIpc) is 3.07. The van der Waals surface area contributed by atoms with Crippen molar-refractivity contribution in [2.45, 2.75) is 51.5 Å². The maximum atomic E-state index is 4.96. The SMILES string of the molecule is Sc1cc(C2C=c3c(ccc4cccc(S)c34)=CC2)c2ccc3c(c2c1)=CC(Sc1cccc2c4c(ccc12)=CCCC=4)CC=3. The van der Waals surface area contributed by atoms with E-state index in [2.05, 4.69) is 121 Å². The summed E-state index contributed by atoms with van der Waals surface area (Å²) in [5.74, 6) is 0.275. The standard InChI is InChI=1S/C42H32S3/c43-30-22-36(29-14-12-27-11-13-28-6-3-9-40(44)42(28)38(27)21-29)34-19-16-26-15-18-31(24-37(26)39(34)23-30)45-41-10-4-8-33-32-7-2-1-5-25(32)17-20-35(33)41/h3-13,15-17,19-24,29,31,43-44H,1-2,14,18H2. The second-order valence-corrected chi connectivity index (χ2v) is 14.8. The minimum atomic E-state index is 0.275. The van der Waals surface area contributed by atoms with Gasteiger partial charge < -0.3 is 0 Å². The van der Waals surface area contributed by atoms with Gasteiger partial charge in [0.2, 0.25) is 0 Å². The van der Waals surface area contributed by atoms with Crippen LogP contribution in [-0.4, -0.2) is 5.25 Å². The monoisotopic (exact) mass is 632 g/mol. The molecule has 0 radical (unpaired) electrons. The van der Waals surface area contributed by atoms with Gasteiger partial charge in [-0.15, -0.1) is 37.0 Å². The van der Waals surface area contributed by atoms with E-state index in [4.69, 9.17) is 25.3 Å². The number of benzene rings is 6. The molecule has 6 aromatic carbocycles. The molecule has 6 aromatic rings. The molecule has 0 bridgehead atoms. The predicted octanol–water partition coefficient (Wildman–Crippen LogP) is 6.95. The number of hydrogen-bond donors (Lipinski definition) is 2. The molecule has 9 rings (SSSR count). The van der Waals surface area contributed by atoms with Crippen molar-refractivity contribution < 1.29 is 0 Å². The van der Waals surface area contributed by atoms with Crippen LogP contribution in [0.5, 0.6) is 0 Å². The molecular weight excluding hydrogens is 601 g/mol. The van der Waals surface area contributed by atoms with Crippen molar-refractivity contribution in [3.05, 3.63) is 122 Å². The normalized spacial score (nSPS) is 18.4. The van der Waals surface area contributed by atoms with Gasteiger partial charge in [-0.05, 0) is 114 Å². The molecule has 0 aromatic heterocycles. The molecule has 0 heterocycles. The third-order valence-electron chi connectivity index (χ3n) is 9.86. The van der Waals surface area contributed by atoms with Gasteiger partial charge in [-0.1, -0.05) is 97.1 Å². The Morgan fingerprint density at radius 2 is 1.36 bits per heavy atom. The summed E-state index contributed by atoms with van der Waals surface area (Å²) >= 11 is 11.8. The van der Waals surface area contributed by atoms with Crippen LogP contribution in [0.3, 0.4) is 0 Å². The largest absolute Gasteiger partial charge is 0.143 e. The van der Waals surface area contributed by atoms with E-state index < -0.39 is 0 Å². The second-order valence-electron chi connectivity index (χ2n) is 12.5. The summed E-state index contributed by atoms with van der Waals surface area (Å²) < 4.78 is 0. The van der Waals surface area contributed by atoms with Crippen LogP contribution < -0.4 is 31.3 Å². The molecular formula is C42H32S3. The molecule has 0 N–H and O–H groups in total. The van der Waals surface area contributed by atoms with Gasteiger partial charge in [-0.25, -0.2) is 0 Å². The summed E-state index contributed by atoms with van der Waals surface area (Å²) in [6, 6.07) is 31.6. The minimum Gasteiger partial charge on any atom is -0.143 e. The highest BCUT2D eigenvalue weighted by Gasteiger charge is 2.19. The van der Waals surface area contributed by atoms with Crippen LogP contribution in [-0.2, 0) is 0 Å². The van der Waals surface area contributed by atoms with Crippen LogP contribution >= 0.6 is 37.0 Å². The Labute approximate surface area is 277 Å². The lowest BCUT2D eigenvalue weighted by Gasteiger charge is -2.20. The highest BCUT2D eigenvalue weighted by Crippen LogP contribution is 2.35. The van der Waals surface area contributed by atoms with Gasteiger partial charge in [0.15, 0.2) is 0 Å². The van der Waals surface area contributed by atoms with Gasteiger partial charge in [-0.3, -0.25) is 0 Å². The molecule has 0 nitrogen and oxygen atoms in total. The lowest BCUT2D eigenvalue weighted by atomic mass is 9.85. The third kappa shape index (κ3) is 4.71. The first-order valence-corrected chi connectivity index (χ1v) is 17.7. The smallest absolute Gasteiger partial charge is 0.0318 e. The predicted molar refractivity (Wildman–Crippen MR) is 202 cm³/mol. The zero-order valence-corrected chi connectivity index (χ0v) is 27.4. The summed E-state index contributed by atoms with van der Waals surface area (Å²) in [4.78, 5) is 3.42. The molecule has 218 valence electrons. The maximum Gasteiger partial charge on any atom is 0.0318 e.